The number of carboxylic acid groups (broad SMARTS) is 1. The first-order chi connectivity index (χ1) is 21.0. The molecule has 0 saturated carbocycles. The summed E-state index contributed by atoms with van der Waals surface area (Å²) >= 11 is 20.6. The number of halogens is 3. The van der Waals surface area contributed by atoms with Gasteiger partial charge in [-0.25, -0.2) is 9.59 Å². The third kappa shape index (κ3) is 6.57. The van der Waals surface area contributed by atoms with Crippen LogP contribution in [0, 0.1) is 0 Å². The minimum Gasteiger partial charge on any atom is -0.477 e. The predicted molar refractivity (Wildman–Crippen MR) is 168 cm³/mol. The summed E-state index contributed by atoms with van der Waals surface area (Å²) in [6.45, 7) is 4.89. The first-order valence-corrected chi connectivity index (χ1v) is 16.7. The Bertz CT molecular complexity index is 1500. The van der Waals surface area contributed by atoms with Crippen LogP contribution in [-0.4, -0.2) is 105 Å². The van der Waals surface area contributed by atoms with Crippen molar-refractivity contribution in [2.24, 2.45) is 0 Å². The lowest BCUT2D eigenvalue weighted by Crippen LogP contribution is -2.70. The number of β-lactam (4-membered cyclic amide) rings is 1. The molecular formula is C28H27Cl3N4O7S2. The number of aliphatic carboxylic acids is 1. The molecule has 1 aromatic rings. The van der Waals surface area contributed by atoms with Crippen LogP contribution in [-0.2, 0) is 23.9 Å². The number of ether oxygens (including phenoxy) is 1. The van der Waals surface area contributed by atoms with E-state index in [0.717, 1.165) is 16.7 Å². The van der Waals surface area contributed by atoms with Gasteiger partial charge in [0.1, 0.15) is 23.7 Å². The number of nitrogens with zero attached hydrogens (tertiary/aromatic N) is 3. The Morgan fingerprint density at radius 1 is 1.16 bits per heavy atom. The SMILES string of the molecule is C=CCOC(=O)N1CCC(N2CC/C(=C\C3=C(C(=O)O)N4C(=O)[C@@H](NC(=O)CSc5cc(Cl)c(Cl)cc5Cl)[C@H]4SC3)C2=O)C1. The van der Waals surface area contributed by atoms with Crippen LogP contribution >= 0.6 is 58.3 Å². The number of allylic oxidation sites excluding steroid dienone is 1. The largest absolute Gasteiger partial charge is 0.477 e. The molecule has 5 rings (SSSR count). The van der Waals surface area contributed by atoms with Crippen LogP contribution < -0.4 is 5.32 Å². The number of carbonyl (C=O) groups excluding carboxylic acids is 4. The van der Waals surface area contributed by atoms with Crippen molar-refractivity contribution in [3.05, 3.63) is 62.8 Å². The third-order valence-electron chi connectivity index (χ3n) is 7.54. The molecule has 0 aliphatic carbocycles. The standard InChI is InChI=1S/C28H27Cl3N4O7S2/c1-2-7-42-28(41)33-5-4-16(11-33)34-6-3-14(24(34)37)8-15-12-44-26-22(25(38)35(26)23(15)27(39)40)32-21(36)13-43-20-10-18(30)17(29)9-19(20)31/h2,8-10,16,22,26H,1,3-7,11-13H2,(H,32,36)(H,39,40)/b14-8+/t16?,22-,26-/m1/s1. The number of fused-ring (bicyclic) bond motifs is 1. The van der Waals surface area contributed by atoms with Crippen LogP contribution in [0.2, 0.25) is 15.1 Å². The van der Waals surface area contributed by atoms with E-state index in [-0.39, 0.29) is 40.8 Å². The highest BCUT2D eigenvalue weighted by Gasteiger charge is 2.54. The van der Waals surface area contributed by atoms with Crippen molar-refractivity contribution in [3.63, 3.8) is 0 Å². The number of hydrogen-bond acceptors (Lipinski definition) is 8. The number of thioether (sulfide) groups is 2. The smallest absolute Gasteiger partial charge is 0.410 e. The second-order valence-electron chi connectivity index (χ2n) is 10.3. The number of likely N-dealkylation sites (tertiary alicyclic amines) is 2. The lowest BCUT2D eigenvalue weighted by atomic mass is 10.0. The normalized spacial score (nSPS) is 24.0. The Morgan fingerprint density at radius 3 is 2.64 bits per heavy atom. The molecule has 44 heavy (non-hydrogen) atoms. The summed E-state index contributed by atoms with van der Waals surface area (Å²) in [5, 5.41) is 13.0. The van der Waals surface area contributed by atoms with Gasteiger partial charge in [-0.2, -0.15) is 0 Å². The van der Waals surface area contributed by atoms with Gasteiger partial charge in [0.25, 0.3) is 5.91 Å². The highest BCUT2D eigenvalue weighted by Crippen LogP contribution is 2.42. The molecule has 3 atom stereocenters. The number of benzene rings is 1. The van der Waals surface area contributed by atoms with Crippen molar-refractivity contribution in [2.75, 3.05) is 37.7 Å². The highest BCUT2D eigenvalue weighted by atomic mass is 35.5. The molecule has 1 unspecified atom stereocenters. The molecule has 4 aliphatic rings. The Labute approximate surface area is 276 Å². The van der Waals surface area contributed by atoms with Crippen molar-refractivity contribution < 1.29 is 33.8 Å². The van der Waals surface area contributed by atoms with Gasteiger partial charge in [0.2, 0.25) is 11.8 Å². The van der Waals surface area contributed by atoms with E-state index in [1.807, 2.05) is 0 Å². The molecule has 1 aromatic carbocycles. The van der Waals surface area contributed by atoms with E-state index < -0.39 is 35.3 Å². The van der Waals surface area contributed by atoms with E-state index >= 15 is 0 Å². The van der Waals surface area contributed by atoms with Gasteiger partial charge in [-0.3, -0.25) is 19.3 Å². The number of amides is 4. The van der Waals surface area contributed by atoms with Gasteiger partial charge < -0.3 is 25.0 Å². The van der Waals surface area contributed by atoms with Crippen LogP contribution in [0.15, 0.2) is 52.6 Å². The molecule has 16 heteroatoms. The topological polar surface area (TPSA) is 137 Å². The molecule has 4 aliphatic heterocycles. The number of carbonyl (C=O) groups is 5. The summed E-state index contributed by atoms with van der Waals surface area (Å²) in [4.78, 5) is 68.5. The molecule has 0 aromatic heterocycles. The van der Waals surface area contributed by atoms with Gasteiger partial charge in [0, 0.05) is 35.9 Å². The molecular weight excluding hydrogens is 675 g/mol. The lowest BCUT2D eigenvalue weighted by molar-refractivity contribution is -0.150. The van der Waals surface area contributed by atoms with E-state index in [2.05, 4.69) is 11.9 Å². The van der Waals surface area contributed by atoms with Crippen molar-refractivity contribution in [2.45, 2.75) is 35.2 Å². The van der Waals surface area contributed by atoms with Crippen LogP contribution in [0.1, 0.15) is 12.8 Å². The van der Waals surface area contributed by atoms with E-state index in [1.54, 1.807) is 21.9 Å². The zero-order chi connectivity index (χ0) is 31.7. The van der Waals surface area contributed by atoms with Gasteiger partial charge in [0.15, 0.2) is 0 Å². The Kier molecular flexibility index (Phi) is 10.1. The average molecular weight is 702 g/mol. The summed E-state index contributed by atoms with van der Waals surface area (Å²) in [5.74, 6) is -2.31. The molecule has 11 nitrogen and oxygen atoms in total. The lowest BCUT2D eigenvalue weighted by Gasteiger charge is -2.49. The number of hydrogen-bond donors (Lipinski definition) is 2. The molecule has 0 spiro atoms. The molecule has 2 N–H and O–H groups in total. The van der Waals surface area contributed by atoms with E-state index in [1.165, 1.54) is 23.9 Å². The number of carboxylic acids is 1. The first kappa shape index (κ1) is 32.6. The Balaban J connectivity index is 1.22. The molecule has 0 radical (unpaired) electrons. The van der Waals surface area contributed by atoms with Crippen LogP contribution in [0.4, 0.5) is 4.79 Å². The second-order valence-corrected chi connectivity index (χ2v) is 13.6. The zero-order valence-electron chi connectivity index (χ0n) is 23.1. The number of rotatable bonds is 9. The van der Waals surface area contributed by atoms with E-state index in [9.17, 15) is 29.1 Å². The summed E-state index contributed by atoms with van der Waals surface area (Å²) in [6.07, 6.45) is 3.62. The molecule has 4 heterocycles. The van der Waals surface area contributed by atoms with Gasteiger partial charge in [-0.15, -0.1) is 23.5 Å². The quantitative estimate of drug-likeness (QED) is 0.129. The maximum Gasteiger partial charge on any atom is 0.410 e. The van der Waals surface area contributed by atoms with Gasteiger partial charge in [-0.05, 0) is 36.6 Å². The van der Waals surface area contributed by atoms with Crippen LogP contribution in [0.5, 0.6) is 0 Å². The monoisotopic (exact) mass is 700 g/mol. The van der Waals surface area contributed by atoms with E-state index in [0.29, 0.717) is 58.6 Å². The van der Waals surface area contributed by atoms with Crippen LogP contribution in [0.25, 0.3) is 0 Å². The summed E-state index contributed by atoms with van der Waals surface area (Å²) in [6, 6.07) is 1.96. The van der Waals surface area contributed by atoms with Crippen LogP contribution in [0.3, 0.4) is 0 Å². The molecule has 3 saturated heterocycles. The van der Waals surface area contributed by atoms with Crippen molar-refractivity contribution in [1.29, 1.82) is 0 Å². The fraction of sp³-hybridized carbons (Fsp3) is 0.393. The van der Waals surface area contributed by atoms with E-state index in [4.69, 9.17) is 39.5 Å². The van der Waals surface area contributed by atoms with Crippen molar-refractivity contribution in [3.8, 4) is 0 Å². The molecule has 4 amide bonds. The first-order valence-electron chi connectivity index (χ1n) is 13.5. The van der Waals surface area contributed by atoms with Gasteiger partial charge in [-0.1, -0.05) is 47.5 Å². The summed E-state index contributed by atoms with van der Waals surface area (Å²) in [5.41, 5.74) is 0.603. The minimum absolute atomic E-state index is 0.0504. The minimum atomic E-state index is -1.29. The maximum atomic E-state index is 13.3. The molecule has 0 bridgehead atoms. The van der Waals surface area contributed by atoms with Gasteiger partial charge in [0.05, 0.1) is 26.9 Å². The molecule has 234 valence electrons. The fourth-order valence-corrected chi connectivity index (χ4v) is 8.29. The third-order valence-corrected chi connectivity index (χ3v) is 11.0. The zero-order valence-corrected chi connectivity index (χ0v) is 27.0. The predicted octanol–water partition coefficient (Wildman–Crippen LogP) is 4.03. The van der Waals surface area contributed by atoms with Crippen molar-refractivity contribution >= 4 is 88.1 Å². The summed E-state index contributed by atoms with van der Waals surface area (Å²) < 4.78 is 5.09. The second kappa shape index (κ2) is 13.7. The van der Waals surface area contributed by atoms with Crippen molar-refractivity contribution in [1.82, 2.24) is 20.0 Å². The highest BCUT2D eigenvalue weighted by molar-refractivity contribution is 8.00. The number of nitrogens with one attached hydrogen (secondary N) is 1. The van der Waals surface area contributed by atoms with Gasteiger partial charge >= 0.3 is 12.1 Å². The Morgan fingerprint density at radius 2 is 1.91 bits per heavy atom. The maximum absolute atomic E-state index is 13.3. The summed E-state index contributed by atoms with van der Waals surface area (Å²) in [7, 11) is 0. The fourth-order valence-electron chi connectivity index (χ4n) is 5.44. The Hall–Kier alpha value is -2.84. The average Bonchev–Trinajstić information content (AvgIpc) is 3.62. The molecule has 3 fully saturated rings.